The molecule has 0 spiro atoms. The number of benzene rings is 1. The average Bonchev–Trinajstić information content (AvgIpc) is 3.31. The second-order valence-corrected chi connectivity index (χ2v) is 10.7. The topological polar surface area (TPSA) is 71.0 Å². The first kappa shape index (κ1) is 23.0. The SMILES string of the molecule is Cc1nc(Nc2ncc(Cc3ccccc3)s2)cc([C@H]2CCCN(C(=O)C3CCCCC3)C2)n1. The molecular formula is C27H33N5OS. The third-order valence-electron chi connectivity index (χ3n) is 6.97. The number of hydrogen-bond donors (Lipinski definition) is 1. The fraction of sp³-hybridized carbons (Fsp3) is 0.481. The summed E-state index contributed by atoms with van der Waals surface area (Å²) in [5, 5.41) is 4.23. The first-order valence-electron chi connectivity index (χ1n) is 12.5. The Morgan fingerprint density at radius 1 is 1.09 bits per heavy atom. The highest BCUT2D eigenvalue weighted by atomic mass is 32.1. The minimum Gasteiger partial charge on any atom is -0.342 e. The Morgan fingerprint density at radius 2 is 1.91 bits per heavy atom. The van der Waals surface area contributed by atoms with Gasteiger partial charge in [0.2, 0.25) is 5.91 Å². The monoisotopic (exact) mass is 475 g/mol. The number of carbonyl (C=O) groups is 1. The van der Waals surface area contributed by atoms with E-state index in [0.717, 1.165) is 67.7 Å². The molecule has 2 aliphatic rings. The van der Waals surface area contributed by atoms with Crippen LogP contribution in [0.2, 0.25) is 0 Å². The zero-order chi connectivity index (χ0) is 23.3. The predicted octanol–water partition coefficient (Wildman–Crippen LogP) is 5.86. The third-order valence-corrected chi connectivity index (χ3v) is 7.89. The molecule has 3 aromatic rings. The Kier molecular flexibility index (Phi) is 7.19. The van der Waals surface area contributed by atoms with Crippen LogP contribution >= 0.6 is 11.3 Å². The summed E-state index contributed by atoms with van der Waals surface area (Å²) in [6, 6.07) is 12.5. The Morgan fingerprint density at radius 3 is 2.74 bits per heavy atom. The molecule has 1 amide bonds. The number of likely N-dealkylation sites (tertiary alicyclic amines) is 1. The molecule has 6 nitrogen and oxygen atoms in total. The summed E-state index contributed by atoms with van der Waals surface area (Å²) in [5.74, 6) is 2.37. The molecule has 2 fully saturated rings. The van der Waals surface area contributed by atoms with Crippen LogP contribution < -0.4 is 5.32 Å². The van der Waals surface area contributed by atoms with E-state index in [0.29, 0.717) is 5.91 Å². The fourth-order valence-electron chi connectivity index (χ4n) is 5.24. The zero-order valence-corrected chi connectivity index (χ0v) is 20.7. The van der Waals surface area contributed by atoms with E-state index in [4.69, 9.17) is 4.98 Å². The Labute approximate surface area is 205 Å². The van der Waals surface area contributed by atoms with Crippen LogP contribution in [0, 0.1) is 12.8 Å². The van der Waals surface area contributed by atoms with E-state index in [2.05, 4.69) is 44.5 Å². The number of amides is 1. The molecule has 1 aliphatic carbocycles. The number of aromatic nitrogens is 3. The molecule has 1 saturated carbocycles. The molecule has 7 heteroatoms. The van der Waals surface area contributed by atoms with Gasteiger partial charge in [0, 0.05) is 48.5 Å². The molecule has 178 valence electrons. The van der Waals surface area contributed by atoms with Crippen molar-refractivity contribution in [3.8, 4) is 0 Å². The maximum atomic E-state index is 13.1. The number of piperidine rings is 1. The Balaban J connectivity index is 1.26. The van der Waals surface area contributed by atoms with Crippen molar-refractivity contribution < 1.29 is 4.79 Å². The molecule has 1 aliphatic heterocycles. The van der Waals surface area contributed by atoms with Gasteiger partial charge in [-0.15, -0.1) is 11.3 Å². The van der Waals surface area contributed by atoms with E-state index in [-0.39, 0.29) is 11.8 Å². The van der Waals surface area contributed by atoms with Gasteiger partial charge in [0.05, 0.1) is 5.69 Å². The Hall–Kier alpha value is -2.80. The summed E-state index contributed by atoms with van der Waals surface area (Å²) in [4.78, 5) is 30.4. The summed E-state index contributed by atoms with van der Waals surface area (Å²) in [6.07, 6.45) is 10.7. The highest BCUT2D eigenvalue weighted by molar-refractivity contribution is 7.15. The van der Waals surface area contributed by atoms with Crippen LogP contribution in [-0.4, -0.2) is 38.8 Å². The fourth-order valence-corrected chi connectivity index (χ4v) is 6.10. The number of anilines is 2. The van der Waals surface area contributed by atoms with Crippen molar-refractivity contribution in [2.24, 2.45) is 5.92 Å². The van der Waals surface area contributed by atoms with Gasteiger partial charge in [-0.3, -0.25) is 4.79 Å². The quantitative estimate of drug-likeness (QED) is 0.483. The van der Waals surface area contributed by atoms with E-state index in [1.165, 1.54) is 29.7 Å². The lowest BCUT2D eigenvalue weighted by Gasteiger charge is -2.35. The van der Waals surface area contributed by atoms with Gasteiger partial charge in [0.25, 0.3) is 0 Å². The minimum atomic E-state index is 0.229. The van der Waals surface area contributed by atoms with Gasteiger partial charge in [0.1, 0.15) is 11.6 Å². The van der Waals surface area contributed by atoms with Crippen molar-refractivity contribution in [3.63, 3.8) is 0 Å². The summed E-state index contributed by atoms with van der Waals surface area (Å²) >= 11 is 1.65. The van der Waals surface area contributed by atoms with Crippen molar-refractivity contribution in [1.29, 1.82) is 0 Å². The van der Waals surface area contributed by atoms with E-state index >= 15 is 0 Å². The molecule has 0 radical (unpaired) electrons. The van der Waals surface area contributed by atoms with Crippen molar-refractivity contribution in [2.75, 3.05) is 18.4 Å². The predicted molar refractivity (Wildman–Crippen MR) is 137 cm³/mol. The van der Waals surface area contributed by atoms with Crippen molar-refractivity contribution in [2.45, 2.75) is 64.2 Å². The first-order valence-corrected chi connectivity index (χ1v) is 13.4. The van der Waals surface area contributed by atoms with Crippen LogP contribution in [-0.2, 0) is 11.2 Å². The van der Waals surface area contributed by atoms with Gasteiger partial charge in [-0.05, 0) is 38.2 Å². The molecule has 2 aromatic heterocycles. The van der Waals surface area contributed by atoms with Gasteiger partial charge >= 0.3 is 0 Å². The van der Waals surface area contributed by atoms with E-state index in [1.807, 2.05) is 25.3 Å². The number of aryl methyl sites for hydroxylation is 1. The standard InChI is InChI=1S/C27H33N5OS/c1-19-29-24(22-13-8-14-32(18-22)26(33)21-11-6-3-7-12-21)16-25(30-19)31-27-28-17-23(34-27)15-20-9-4-2-5-10-20/h2,4-5,9-10,16-17,21-22H,3,6-8,11-15,18H2,1H3,(H,28,29,30,31)/t22-/m0/s1. The lowest BCUT2D eigenvalue weighted by atomic mass is 9.86. The molecular weight excluding hydrogens is 442 g/mol. The third kappa shape index (κ3) is 5.63. The van der Waals surface area contributed by atoms with E-state index < -0.39 is 0 Å². The molecule has 0 bridgehead atoms. The molecule has 1 N–H and O–H groups in total. The lowest BCUT2D eigenvalue weighted by Crippen LogP contribution is -2.43. The second kappa shape index (κ2) is 10.6. The number of carbonyl (C=O) groups excluding carboxylic acids is 1. The summed E-state index contributed by atoms with van der Waals surface area (Å²) in [7, 11) is 0. The highest BCUT2D eigenvalue weighted by Crippen LogP contribution is 2.32. The average molecular weight is 476 g/mol. The van der Waals surface area contributed by atoms with E-state index in [1.54, 1.807) is 11.3 Å². The Bertz CT molecular complexity index is 1110. The zero-order valence-electron chi connectivity index (χ0n) is 19.9. The summed E-state index contributed by atoms with van der Waals surface area (Å²) < 4.78 is 0. The molecule has 1 saturated heterocycles. The number of nitrogens with one attached hydrogen (secondary N) is 1. The smallest absolute Gasteiger partial charge is 0.225 e. The van der Waals surface area contributed by atoms with Crippen molar-refractivity contribution in [1.82, 2.24) is 19.9 Å². The molecule has 0 unspecified atom stereocenters. The molecule has 3 heterocycles. The summed E-state index contributed by atoms with van der Waals surface area (Å²) in [6.45, 7) is 3.58. The van der Waals surface area contributed by atoms with Crippen LogP contribution in [0.5, 0.6) is 0 Å². The van der Waals surface area contributed by atoms with Gasteiger partial charge in [-0.2, -0.15) is 0 Å². The number of hydrogen-bond acceptors (Lipinski definition) is 6. The van der Waals surface area contributed by atoms with Crippen LogP contribution in [0.1, 0.15) is 72.8 Å². The second-order valence-electron chi connectivity index (χ2n) is 9.60. The molecule has 5 rings (SSSR count). The van der Waals surface area contributed by atoms with Crippen molar-refractivity contribution in [3.05, 3.63) is 64.6 Å². The van der Waals surface area contributed by atoms with Crippen LogP contribution in [0.4, 0.5) is 10.9 Å². The maximum absolute atomic E-state index is 13.1. The van der Waals surface area contributed by atoms with Gasteiger partial charge < -0.3 is 10.2 Å². The van der Waals surface area contributed by atoms with E-state index in [9.17, 15) is 4.79 Å². The van der Waals surface area contributed by atoms with Crippen LogP contribution in [0.25, 0.3) is 0 Å². The highest BCUT2D eigenvalue weighted by Gasteiger charge is 2.31. The lowest BCUT2D eigenvalue weighted by molar-refractivity contribution is -0.137. The number of rotatable bonds is 6. The normalized spacial score (nSPS) is 19.2. The largest absolute Gasteiger partial charge is 0.342 e. The molecule has 1 atom stereocenters. The van der Waals surface area contributed by atoms with Gasteiger partial charge in [0.15, 0.2) is 5.13 Å². The first-order chi connectivity index (χ1) is 16.6. The number of thiazole rings is 1. The van der Waals surface area contributed by atoms with Crippen LogP contribution in [0.3, 0.4) is 0 Å². The van der Waals surface area contributed by atoms with Gasteiger partial charge in [-0.1, -0.05) is 49.6 Å². The molecule has 1 aromatic carbocycles. The summed E-state index contributed by atoms with van der Waals surface area (Å²) in [5.41, 5.74) is 2.31. The minimum absolute atomic E-state index is 0.229. The van der Waals surface area contributed by atoms with Crippen molar-refractivity contribution >= 4 is 28.2 Å². The van der Waals surface area contributed by atoms with Gasteiger partial charge in [-0.25, -0.2) is 15.0 Å². The molecule has 34 heavy (non-hydrogen) atoms. The van der Waals surface area contributed by atoms with Crippen LogP contribution in [0.15, 0.2) is 42.6 Å². The number of nitrogens with zero attached hydrogens (tertiary/aromatic N) is 4. The maximum Gasteiger partial charge on any atom is 0.225 e.